The van der Waals surface area contributed by atoms with Gasteiger partial charge in [-0.25, -0.2) is 0 Å². The molecule has 0 bridgehead atoms. The molecule has 2 aliphatic heterocycles. The lowest BCUT2D eigenvalue weighted by Crippen LogP contribution is -1.97. The maximum Gasteiger partial charge on any atom is 0.352 e. The van der Waals surface area contributed by atoms with E-state index in [0.29, 0.717) is 6.85 Å². The maximum absolute atomic E-state index is 4.10. The molecule has 0 amide bonds. The van der Waals surface area contributed by atoms with Crippen molar-refractivity contribution < 1.29 is 0 Å². The monoisotopic (exact) mass is 89.0 g/mol. The van der Waals surface area contributed by atoms with E-state index in [-0.39, 0.29) is 0 Å². The molecule has 0 N–H and O–H groups in total. The first-order valence-corrected chi connectivity index (χ1v) is 2.39. The van der Waals surface area contributed by atoms with Gasteiger partial charge in [-0.05, 0) is 6.08 Å². The van der Waals surface area contributed by atoms with Crippen LogP contribution >= 0.6 is 0 Å². The minimum atomic E-state index is 0.477. The van der Waals surface area contributed by atoms with E-state index in [2.05, 4.69) is 10.9 Å². The third-order valence-corrected chi connectivity index (χ3v) is 1.19. The molecule has 0 atom stereocenters. The molecule has 2 heterocycles. The molecule has 2 aliphatic rings. The highest BCUT2D eigenvalue weighted by atomic mass is 14.8. The van der Waals surface area contributed by atoms with E-state index >= 15 is 0 Å². The summed E-state index contributed by atoms with van der Waals surface area (Å²) in [5, 5.41) is 0. The number of hydrogen-bond donors (Lipinski definition) is 0. The van der Waals surface area contributed by atoms with E-state index in [1.165, 1.54) is 5.61 Å². The highest BCUT2D eigenvalue weighted by Gasteiger charge is 2.28. The van der Waals surface area contributed by atoms with Gasteiger partial charge in [0.1, 0.15) is 0 Å². The molecule has 7 heavy (non-hydrogen) atoms. The van der Waals surface area contributed by atoms with Crippen LogP contribution < -0.4 is 0 Å². The number of allylic oxidation sites excluding steroid dienone is 3. The molecule has 1 nitrogen and oxygen atoms in total. The Morgan fingerprint density at radius 3 is 3.00 bits per heavy atom. The fourth-order valence-corrected chi connectivity index (χ4v) is 0.730. The molecule has 0 aromatic heterocycles. The Kier molecular flexibility index (Phi) is 0.412. The third kappa shape index (κ3) is 0.361. The number of fused-ring (bicyclic) bond motifs is 1. The topological polar surface area (TPSA) is 12.4 Å². The van der Waals surface area contributed by atoms with Crippen LogP contribution in [0.25, 0.3) is 0 Å². The van der Waals surface area contributed by atoms with Crippen molar-refractivity contribution >= 4 is 12.5 Å². The maximum atomic E-state index is 4.10. The first-order valence-electron chi connectivity index (χ1n) is 2.39. The largest absolute Gasteiger partial charge is 0.352 e. The molecular formula is C5H4BN. The average Bonchev–Trinajstić information content (AvgIpc) is 2.41. The van der Waals surface area contributed by atoms with Crippen LogP contribution in [0.15, 0.2) is 29.1 Å². The van der Waals surface area contributed by atoms with Crippen molar-refractivity contribution in [3.05, 3.63) is 24.2 Å². The van der Waals surface area contributed by atoms with Crippen LogP contribution in [0, 0.1) is 0 Å². The zero-order chi connectivity index (χ0) is 4.69. The molecule has 32 valence electrons. The number of hydrogen-bond acceptors (Lipinski definition) is 1. The van der Waals surface area contributed by atoms with Crippen LogP contribution in [0.1, 0.15) is 0 Å². The summed E-state index contributed by atoms with van der Waals surface area (Å²) in [4.78, 5) is 4.10. The fraction of sp³-hybridized carbons (Fsp3) is 0. The van der Waals surface area contributed by atoms with Gasteiger partial charge in [0.2, 0.25) is 0 Å². The first-order chi connectivity index (χ1) is 3.47. The van der Waals surface area contributed by atoms with Crippen molar-refractivity contribution in [1.29, 1.82) is 0 Å². The van der Waals surface area contributed by atoms with Crippen LogP contribution in [0.2, 0.25) is 0 Å². The van der Waals surface area contributed by atoms with Crippen molar-refractivity contribution in [3.63, 3.8) is 0 Å². The number of nitrogens with zero attached hydrogens (tertiary/aromatic N) is 1. The summed E-state index contributed by atoms with van der Waals surface area (Å²) in [5.41, 5.74) is 1.24. The van der Waals surface area contributed by atoms with Gasteiger partial charge >= 0.3 is 6.85 Å². The quantitative estimate of drug-likeness (QED) is 0.386. The van der Waals surface area contributed by atoms with Crippen molar-refractivity contribution in [1.82, 2.24) is 0 Å². The predicted octanol–water partition coefficient (Wildman–Crippen LogP) is 0.637. The molecule has 0 saturated carbocycles. The van der Waals surface area contributed by atoms with E-state index in [9.17, 15) is 0 Å². The van der Waals surface area contributed by atoms with Crippen molar-refractivity contribution in [3.8, 4) is 0 Å². The lowest BCUT2D eigenvalue weighted by atomic mass is 9.67. The predicted molar refractivity (Wildman–Crippen MR) is 31.5 cm³/mol. The average molecular weight is 88.9 g/mol. The highest BCUT2D eigenvalue weighted by Crippen LogP contribution is 2.12. The van der Waals surface area contributed by atoms with Gasteiger partial charge in [-0.2, -0.15) is 0 Å². The van der Waals surface area contributed by atoms with Gasteiger partial charge in [0, 0.05) is 5.61 Å². The van der Waals surface area contributed by atoms with Crippen molar-refractivity contribution in [2.75, 3.05) is 0 Å². The van der Waals surface area contributed by atoms with Crippen LogP contribution in [0.5, 0.6) is 0 Å². The Hall–Kier alpha value is -0.785. The zero-order valence-electron chi connectivity index (χ0n) is 3.83. The van der Waals surface area contributed by atoms with Crippen LogP contribution in [0.3, 0.4) is 0 Å². The molecule has 0 radical (unpaired) electrons. The summed E-state index contributed by atoms with van der Waals surface area (Å²) in [7, 11) is 0. The van der Waals surface area contributed by atoms with Gasteiger partial charge < -0.3 is 4.90 Å². The van der Waals surface area contributed by atoms with Gasteiger partial charge in [0.05, 0.1) is 0 Å². The Labute approximate surface area is 42.5 Å². The summed E-state index contributed by atoms with van der Waals surface area (Å²) >= 11 is 0. The van der Waals surface area contributed by atoms with Crippen LogP contribution in [-0.4, -0.2) is 12.5 Å². The lowest BCUT2D eigenvalue weighted by Gasteiger charge is -1.80. The number of rotatable bonds is 0. The molecular weight excluding hydrogens is 84.9 g/mol. The molecule has 0 saturated heterocycles. The summed E-state index contributed by atoms with van der Waals surface area (Å²) in [5.74, 6) is 2.09. The van der Waals surface area contributed by atoms with Crippen LogP contribution in [0.4, 0.5) is 0 Å². The van der Waals surface area contributed by atoms with Crippen LogP contribution in [-0.2, 0) is 0 Å². The SMILES string of the molecule is C1=CB2N=C2C=C1. The molecule has 0 spiro atoms. The molecule has 2 rings (SSSR count). The molecule has 0 unspecified atom stereocenters. The summed E-state index contributed by atoms with van der Waals surface area (Å²) in [6, 6.07) is 0. The lowest BCUT2D eigenvalue weighted by molar-refractivity contribution is 2.01. The minimum Gasteiger partial charge on any atom is -0.338 e. The second kappa shape index (κ2) is 0.888. The standard InChI is InChI=1S/C5H4BN/c1-2-4-6-5(3-1)7-6/h1-4H. The van der Waals surface area contributed by atoms with E-state index in [4.69, 9.17) is 0 Å². The van der Waals surface area contributed by atoms with Gasteiger partial charge in [-0.3, -0.25) is 0 Å². The molecule has 0 fully saturated rings. The zero-order valence-corrected chi connectivity index (χ0v) is 3.83. The van der Waals surface area contributed by atoms with Gasteiger partial charge in [0.25, 0.3) is 0 Å². The fourth-order valence-electron chi connectivity index (χ4n) is 0.730. The summed E-state index contributed by atoms with van der Waals surface area (Å²) < 4.78 is 0. The smallest absolute Gasteiger partial charge is 0.338 e. The second-order valence-electron chi connectivity index (χ2n) is 1.74. The normalized spacial score (nSPS) is 21.7. The third-order valence-electron chi connectivity index (χ3n) is 1.19. The molecule has 2 heteroatoms. The molecule has 0 aliphatic carbocycles. The first kappa shape index (κ1) is 3.25. The second-order valence-corrected chi connectivity index (χ2v) is 1.74. The Morgan fingerprint density at radius 2 is 2.43 bits per heavy atom. The van der Waals surface area contributed by atoms with Gasteiger partial charge in [-0.15, -0.1) is 0 Å². The van der Waals surface area contributed by atoms with E-state index in [1.807, 2.05) is 18.2 Å². The van der Waals surface area contributed by atoms with Gasteiger partial charge in [0.15, 0.2) is 0 Å². The van der Waals surface area contributed by atoms with Gasteiger partial charge in [-0.1, -0.05) is 18.1 Å². The van der Waals surface area contributed by atoms with Crippen molar-refractivity contribution in [2.45, 2.75) is 0 Å². The van der Waals surface area contributed by atoms with E-state index in [1.54, 1.807) is 0 Å². The van der Waals surface area contributed by atoms with E-state index < -0.39 is 0 Å². The summed E-state index contributed by atoms with van der Waals surface area (Å²) in [6.07, 6.45) is 6.09. The molecule has 0 aromatic rings. The highest BCUT2D eigenvalue weighted by molar-refractivity contribution is 7.07. The Balaban J connectivity index is 2.38. The van der Waals surface area contributed by atoms with E-state index in [0.717, 1.165) is 0 Å². The molecule has 0 aromatic carbocycles. The minimum absolute atomic E-state index is 0.477. The Morgan fingerprint density at radius 1 is 1.43 bits per heavy atom. The Bertz CT molecular complexity index is 179. The summed E-state index contributed by atoms with van der Waals surface area (Å²) in [6.45, 7) is 0.477. The van der Waals surface area contributed by atoms with Crippen molar-refractivity contribution in [2.24, 2.45) is 4.90 Å².